The summed E-state index contributed by atoms with van der Waals surface area (Å²) in [6.07, 6.45) is 6.34. The lowest BCUT2D eigenvalue weighted by molar-refractivity contribution is 0.271. The van der Waals surface area contributed by atoms with Crippen LogP contribution in [-0.4, -0.2) is 27.3 Å². The zero-order valence-electron chi connectivity index (χ0n) is 9.46. The van der Waals surface area contributed by atoms with Crippen LogP contribution in [0.25, 0.3) is 0 Å². The van der Waals surface area contributed by atoms with E-state index in [1.807, 2.05) is 0 Å². The Bertz CT molecular complexity index is 282. The molecule has 0 bridgehead atoms. The Kier molecular flexibility index (Phi) is 4.55. The maximum Gasteiger partial charge on any atom is 0.210 e. The van der Waals surface area contributed by atoms with Crippen LogP contribution in [0.5, 0.6) is 0 Å². The van der Waals surface area contributed by atoms with Gasteiger partial charge in [0.1, 0.15) is 0 Å². The Morgan fingerprint density at radius 1 is 1.33 bits per heavy atom. The van der Waals surface area contributed by atoms with Crippen LogP contribution in [0.4, 0.5) is 0 Å². The van der Waals surface area contributed by atoms with Crippen molar-refractivity contribution in [1.29, 1.82) is 0 Å². The SMILES string of the molecule is CCC1(CNCCS(N)(=O)=O)CCCC1. The van der Waals surface area contributed by atoms with E-state index in [-0.39, 0.29) is 5.75 Å². The van der Waals surface area contributed by atoms with Crippen LogP contribution in [0, 0.1) is 5.41 Å². The highest BCUT2D eigenvalue weighted by atomic mass is 32.2. The first-order valence-corrected chi connectivity index (χ1v) is 7.40. The van der Waals surface area contributed by atoms with Crippen LogP contribution in [0.3, 0.4) is 0 Å². The van der Waals surface area contributed by atoms with Gasteiger partial charge in [0.15, 0.2) is 0 Å². The number of hydrogen-bond acceptors (Lipinski definition) is 3. The summed E-state index contributed by atoms with van der Waals surface area (Å²) in [6.45, 7) is 3.62. The Labute approximate surface area is 92.7 Å². The van der Waals surface area contributed by atoms with E-state index in [1.54, 1.807) is 0 Å². The molecule has 5 heteroatoms. The minimum atomic E-state index is -3.31. The molecule has 1 fully saturated rings. The third-order valence-corrected chi connectivity index (χ3v) is 4.25. The summed E-state index contributed by atoms with van der Waals surface area (Å²) in [5.74, 6) is 0.0345. The third-order valence-electron chi connectivity index (χ3n) is 3.48. The van der Waals surface area contributed by atoms with Crippen molar-refractivity contribution in [2.45, 2.75) is 39.0 Å². The van der Waals surface area contributed by atoms with Crippen LogP contribution in [-0.2, 0) is 10.0 Å². The van der Waals surface area contributed by atoms with Crippen LogP contribution in [0.1, 0.15) is 39.0 Å². The van der Waals surface area contributed by atoms with E-state index in [4.69, 9.17) is 5.14 Å². The predicted molar refractivity (Wildman–Crippen MR) is 62.0 cm³/mol. The first kappa shape index (κ1) is 12.9. The molecule has 1 aliphatic rings. The van der Waals surface area contributed by atoms with E-state index in [0.717, 1.165) is 6.54 Å². The molecule has 0 saturated heterocycles. The summed E-state index contributed by atoms with van der Waals surface area (Å²) in [7, 11) is -3.31. The van der Waals surface area contributed by atoms with Crippen molar-refractivity contribution in [1.82, 2.24) is 5.32 Å². The second kappa shape index (κ2) is 5.27. The summed E-state index contributed by atoms with van der Waals surface area (Å²) < 4.78 is 21.4. The van der Waals surface area contributed by atoms with Crippen molar-refractivity contribution in [2.75, 3.05) is 18.8 Å². The molecule has 1 saturated carbocycles. The van der Waals surface area contributed by atoms with Gasteiger partial charge >= 0.3 is 0 Å². The van der Waals surface area contributed by atoms with Gasteiger partial charge in [-0.25, -0.2) is 13.6 Å². The molecule has 3 N–H and O–H groups in total. The molecular formula is C10H22N2O2S. The normalized spacial score (nSPS) is 20.7. The zero-order valence-corrected chi connectivity index (χ0v) is 10.3. The van der Waals surface area contributed by atoms with Gasteiger partial charge in [-0.15, -0.1) is 0 Å². The molecule has 0 spiro atoms. The molecule has 0 atom stereocenters. The van der Waals surface area contributed by atoms with E-state index < -0.39 is 10.0 Å². The molecule has 15 heavy (non-hydrogen) atoms. The Morgan fingerprint density at radius 2 is 1.93 bits per heavy atom. The number of nitrogens with one attached hydrogen (secondary N) is 1. The van der Waals surface area contributed by atoms with Gasteiger partial charge in [0, 0.05) is 13.1 Å². The summed E-state index contributed by atoms with van der Waals surface area (Å²) in [5, 5.41) is 8.14. The third kappa shape index (κ3) is 4.49. The second-order valence-corrected chi connectivity index (χ2v) is 6.34. The van der Waals surface area contributed by atoms with E-state index in [9.17, 15) is 8.42 Å². The zero-order chi connectivity index (χ0) is 11.4. The van der Waals surface area contributed by atoms with Gasteiger partial charge in [-0.2, -0.15) is 0 Å². The fourth-order valence-electron chi connectivity index (χ4n) is 2.35. The fourth-order valence-corrected chi connectivity index (χ4v) is 2.78. The summed E-state index contributed by atoms with van der Waals surface area (Å²) in [4.78, 5) is 0. The maximum absolute atomic E-state index is 10.7. The predicted octanol–water partition coefficient (Wildman–Crippen LogP) is 0.835. The molecule has 0 unspecified atom stereocenters. The highest BCUT2D eigenvalue weighted by molar-refractivity contribution is 7.89. The van der Waals surface area contributed by atoms with Gasteiger partial charge in [0.2, 0.25) is 10.0 Å². The molecule has 1 aliphatic carbocycles. The number of nitrogens with two attached hydrogens (primary N) is 1. The van der Waals surface area contributed by atoms with Crippen molar-refractivity contribution < 1.29 is 8.42 Å². The largest absolute Gasteiger partial charge is 0.315 e. The van der Waals surface area contributed by atoms with E-state index >= 15 is 0 Å². The quantitative estimate of drug-likeness (QED) is 0.669. The summed E-state index contributed by atoms with van der Waals surface area (Å²) in [6, 6.07) is 0. The highest BCUT2D eigenvalue weighted by Gasteiger charge is 2.31. The average Bonchev–Trinajstić information content (AvgIpc) is 2.60. The molecule has 90 valence electrons. The average molecular weight is 234 g/mol. The van der Waals surface area contributed by atoms with Crippen LogP contribution in [0.2, 0.25) is 0 Å². The van der Waals surface area contributed by atoms with Gasteiger partial charge in [0.25, 0.3) is 0 Å². The number of rotatable bonds is 6. The highest BCUT2D eigenvalue weighted by Crippen LogP contribution is 2.40. The lowest BCUT2D eigenvalue weighted by Crippen LogP contribution is -2.35. The molecular weight excluding hydrogens is 212 g/mol. The minimum absolute atomic E-state index is 0.0345. The van der Waals surface area contributed by atoms with Crippen molar-refractivity contribution >= 4 is 10.0 Å². The molecule has 0 radical (unpaired) electrons. The number of primary sulfonamides is 1. The Hall–Kier alpha value is -0.130. The number of sulfonamides is 1. The van der Waals surface area contributed by atoms with E-state index in [0.29, 0.717) is 12.0 Å². The van der Waals surface area contributed by atoms with Gasteiger partial charge in [-0.05, 0) is 24.7 Å². The van der Waals surface area contributed by atoms with Crippen molar-refractivity contribution in [2.24, 2.45) is 10.6 Å². The van der Waals surface area contributed by atoms with Gasteiger partial charge < -0.3 is 5.32 Å². The topological polar surface area (TPSA) is 72.2 Å². The first-order chi connectivity index (χ1) is 6.97. The smallest absolute Gasteiger partial charge is 0.210 e. The van der Waals surface area contributed by atoms with Gasteiger partial charge in [0.05, 0.1) is 5.75 Å². The Balaban J connectivity index is 2.24. The van der Waals surface area contributed by atoms with Crippen LogP contribution >= 0.6 is 0 Å². The van der Waals surface area contributed by atoms with Crippen molar-refractivity contribution in [3.05, 3.63) is 0 Å². The lowest BCUT2D eigenvalue weighted by atomic mass is 9.83. The summed E-state index contributed by atoms with van der Waals surface area (Å²) in [5.41, 5.74) is 0.415. The molecule has 0 aromatic rings. The lowest BCUT2D eigenvalue weighted by Gasteiger charge is -2.27. The standard InChI is InChI=1S/C10H22N2O2S/c1-2-10(5-3-4-6-10)9-12-7-8-15(11,13)14/h12H,2-9H2,1H3,(H2,11,13,14). The second-order valence-electron chi connectivity index (χ2n) is 4.60. The van der Waals surface area contributed by atoms with Crippen LogP contribution < -0.4 is 10.5 Å². The van der Waals surface area contributed by atoms with Crippen molar-refractivity contribution in [3.8, 4) is 0 Å². The molecule has 0 amide bonds. The minimum Gasteiger partial charge on any atom is -0.315 e. The maximum atomic E-state index is 10.7. The first-order valence-electron chi connectivity index (χ1n) is 5.69. The molecule has 0 aromatic carbocycles. The van der Waals surface area contributed by atoms with Crippen molar-refractivity contribution in [3.63, 3.8) is 0 Å². The molecule has 0 heterocycles. The van der Waals surface area contributed by atoms with Gasteiger partial charge in [-0.1, -0.05) is 19.8 Å². The van der Waals surface area contributed by atoms with E-state index in [1.165, 1.54) is 32.1 Å². The number of hydrogen-bond donors (Lipinski definition) is 2. The Morgan fingerprint density at radius 3 is 2.40 bits per heavy atom. The van der Waals surface area contributed by atoms with Crippen LogP contribution in [0.15, 0.2) is 0 Å². The van der Waals surface area contributed by atoms with E-state index in [2.05, 4.69) is 12.2 Å². The van der Waals surface area contributed by atoms with Gasteiger partial charge in [-0.3, -0.25) is 0 Å². The molecule has 1 rings (SSSR count). The monoisotopic (exact) mass is 234 g/mol. The molecule has 0 aliphatic heterocycles. The molecule has 4 nitrogen and oxygen atoms in total. The molecule has 0 aromatic heterocycles. The summed E-state index contributed by atoms with van der Waals surface area (Å²) >= 11 is 0. The fraction of sp³-hybridized carbons (Fsp3) is 1.00.